The summed E-state index contributed by atoms with van der Waals surface area (Å²) >= 11 is 0. The summed E-state index contributed by atoms with van der Waals surface area (Å²) in [7, 11) is 0. The van der Waals surface area contributed by atoms with Crippen molar-refractivity contribution in [1.82, 2.24) is 19.4 Å². The number of aryl methyl sites for hydroxylation is 1. The number of unbranched alkanes of at least 4 members (excludes halogenated alkanes) is 15. The van der Waals surface area contributed by atoms with E-state index < -0.39 is 0 Å². The summed E-state index contributed by atoms with van der Waals surface area (Å²) in [4.78, 5) is 12.0. The van der Waals surface area contributed by atoms with E-state index in [1.54, 1.807) is 0 Å². The van der Waals surface area contributed by atoms with Crippen molar-refractivity contribution >= 4 is 27.8 Å². The highest BCUT2D eigenvalue weighted by molar-refractivity contribution is 6.06. The Bertz CT molecular complexity index is 1540. The molecule has 2 aromatic heterocycles. The molecule has 2 unspecified atom stereocenters. The lowest BCUT2D eigenvalue weighted by Crippen LogP contribution is -2.37. The van der Waals surface area contributed by atoms with Gasteiger partial charge in [0.2, 0.25) is 0 Å². The zero-order chi connectivity index (χ0) is 37.7. The number of anilines is 1. The van der Waals surface area contributed by atoms with Crippen LogP contribution in [0.4, 0.5) is 5.82 Å². The van der Waals surface area contributed by atoms with Gasteiger partial charge >= 0.3 is 0 Å². The number of imidazole rings is 1. The lowest BCUT2D eigenvalue weighted by molar-refractivity contribution is 0.0567. The molecule has 7 nitrogen and oxygen atoms in total. The molecule has 4 aromatic rings. The number of nitrogen functional groups attached to an aromatic ring is 1. The molecule has 2 aromatic carbocycles. The summed E-state index contributed by atoms with van der Waals surface area (Å²) in [5, 5.41) is 23.3. The van der Waals surface area contributed by atoms with Gasteiger partial charge in [-0.25, -0.2) is 9.97 Å². The van der Waals surface area contributed by atoms with Crippen LogP contribution in [0.5, 0.6) is 0 Å². The first-order chi connectivity index (χ1) is 25.9. The van der Waals surface area contributed by atoms with Gasteiger partial charge in [0.25, 0.3) is 0 Å². The van der Waals surface area contributed by atoms with Crippen LogP contribution in [0.3, 0.4) is 0 Å². The lowest BCUT2D eigenvalue weighted by Gasteiger charge is -2.27. The maximum Gasteiger partial charge on any atom is 0.152 e. The quantitative estimate of drug-likeness (QED) is 0.0482. The number of aliphatic hydroxyl groups is 2. The molecule has 0 aliphatic rings. The van der Waals surface area contributed by atoms with E-state index in [9.17, 15) is 10.2 Å². The van der Waals surface area contributed by atoms with Crippen LogP contribution < -0.4 is 5.73 Å². The Labute approximate surface area is 321 Å². The first kappa shape index (κ1) is 42.7. The number of hydrogen-bond acceptors (Lipinski definition) is 6. The monoisotopic (exact) mass is 728 g/mol. The minimum atomic E-state index is -0.377. The van der Waals surface area contributed by atoms with Crippen LogP contribution in [0.1, 0.15) is 166 Å². The molecule has 0 aliphatic carbocycles. The van der Waals surface area contributed by atoms with Crippen molar-refractivity contribution in [1.29, 1.82) is 0 Å². The molecule has 53 heavy (non-hydrogen) atoms. The van der Waals surface area contributed by atoms with Crippen molar-refractivity contribution < 1.29 is 10.2 Å². The smallest absolute Gasteiger partial charge is 0.152 e. The summed E-state index contributed by atoms with van der Waals surface area (Å²) in [6.07, 6.45) is 24.2. The molecule has 0 fully saturated rings. The standard InChI is InChI=1S/C46H73N5O2/c1-4-7-10-12-14-16-18-20-24-39(52)35-50(36-40(53)25-21-19-17-15-13-11-8-5-2)33-37-29-31-38(32-30-37)34-51-43(28-9-6-3)49-44-45(51)41-26-22-23-27-42(41)48-46(44)47/h22-23,26-27,29-32,39-40,52-53H,4-21,24-25,28,33-36H2,1-3H3,(H2,47,48). The Hall–Kier alpha value is -3.00. The fourth-order valence-corrected chi connectivity index (χ4v) is 7.80. The molecule has 0 spiro atoms. The minimum absolute atomic E-state index is 0.377. The van der Waals surface area contributed by atoms with Gasteiger partial charge in [-0.15, -0.1) is 0 Å². The predicted octanol–water partition coefficient (Wildman–Crippen LogP) is 11.1. The van der Waals surface area contributed by atoms with Crippen molar-refractivity contribution in [2.24, 2.45) is 0 Å². The van der Waals surface area contributed by atoms with Crippen LogP contribution in [-0.4, -0.2) is 54.9 Å². The number of fused-ring (bicyclic) bond motifs is 3. The first-order valence-corrected chi connectivity index (χ1v) is 21.6. The van der Waals surface area contributed by atoms with E-state index in [-0.39, 0.29) is 12.2 Å². The predicted molar refractivity (Wildman–Crippen MR) is 225 cm³/mol. The molecule has 2 heterocycles. The SMILES string of the molecule is CCCCCCCCCCC(O)CN(Cc1ccc(Cn2c(CCCC)nc3c(N)nc4ccccc4c32)cc1)CC(O)CCCCCCCCCC. The van der Waals surface area contributed by atoms with Crippen molar-refractivity contribution in [3.8, 4) is 0 Å². The average Bonchev–Trinajstić information content (AvgIpc) is 3.52. The third kappa shape index (κ3) is 14.6. The van der Waals surface area contributed by atoms with E-state index >= 15 is 0 Å². The maximum absolute atomic E-state index is 11.1. The molecule has 0 bridgehead atoms. The summed E-state index contributed by atoms with van der Waals surface area (Å²) in [6, 6.07) is 17.1. The summed E-state index contributed by atoms with van der Waals surface area (Å²) in [6.45, 7) is 9.35. The molecule has 294 valence electrons. The number of rotatable bonds is 29. The molecular formula is C46H73N5O2. The molecule has 0 aliphatic heterocycles. The van der Waals surface area contributed by atoms with E-state index in [2.05, 4.69) is 71.6 Å². The van der Waals surface area contributed by atoms with Crippen LogP contribution in [0, 0.1) is 0 Å². The summed E-state index contributed by atoms with van der Waals surface area (Å²) in [5.41, 5.74) is 11.6. The Morgan fingerprint density at radius 3 is 1.70 bits per heavy atom. The van der Waals surface area contributed by atoms with Gasteiger partial charge in [-0.3, -0.25) is 4.90 Å². The van der Waals surface area contributed by atoms with Crippen molar-refractivity contribution in [2.45, 2.75) is 181 Å². The normalized spacial score (nSPS) is 13.1. The highest BCUT2D eigenvalue weighted by Crippen LogP contribution is 2.30. The molecule has 0 amide bonds. The number of benzene rings is 2. The highest BCUT2D eigenvalue weighted by atomic mass is 16.3. The van der Waals surface area contributed by atoms with Crippen molar-refractivity contribution in [2.75, 3.05) is 18.8 Å². The molecule has 4 rings (SSSR count). The number of aromatic nitrogens is 3. The van der Waals surface area contributed by atoms with Gasteiger partial charge in [0.1, 0.15) is 11.3 Å². The van der Waals surface area contributed by atoms with Crippen LogP contribution in [0.2, 0.25) is 0 Å². The Morgan fingerprint density at radius 2 is 1.13 bits per heavy atom. The van der Waals surface area contributed by atoms with Gasteiger partial charge in [-0.05, 0) is 36.5 Å². The summed E-state index contributed by atoms with van der Waals surface area (Å²) < 4.78 is 2.34. The minimum Gasteiger partial charge on any atom is -0.392 e. The number of nitrogens with two attached hydrogens (primary N) is 1. The van der Waals surface area contributed by atoms with E-state index in [4.69, 9.17) is 10.7 Å². The zero-order valence-electron chi connectivity index (χ0n) is 33.7. The number of aliphatic hydroxyl groups excluding tert-OH is 2. The second kappa shape index (κ2) is 24.4. The third-order valence-electron chi connectivity index (χ3n) is 10.9. The van der Waals surface area contributed by atoms with Gasteiger partial charge in [-0.2, -0.15) is 0 Å². The molecular weight excluding hydrogens is 655 g/mol. The van der Waals surface area contributed by atoms with Crippen LogP contribution in [0.25, 0.3) is 21.9 Å². The van der Waals surface area contributed by atoms with Crippen LogP contribution in [-0.2, 0) is 19.5 Å². The lowest BCUT2D eigenvalue weighted by atomic mass is 10.0. The second-order valence-corrected chi connectivity index (χ2v) is 15.8. The number of hydrogen-bond donors (Lipinski definition) is 3. The fraction of sp³-hybridized carbons (Fsp3) is 0.652. The zero-order valence-corrected chi connectivity index (χ0v) is 33.7. The Kier molecular flexibility index (Phi) is 19.7. The van der Waals surface area contributed by atoms with Gasteiger partial charge in [0, 0.05) is 38.0 Å². The third-order valence-corrected chi connectivity index (χ3v) is 10.9. The fourth-order valence-electron chi connectivity index (χ4n) is 7.80. The average molecular weight is 728 g/mol. The molecule has 0 radical (unpaired) electrons. The van der Waals surface area contributed by atoms with Crippen LogP contribution >= 0.6 is 0 Å². The Balaban J connectivity index is 1.39. The van der Waals surface area contributed by atoms with E-state index in [1.807, 2.05) is 12.1 Å². The van der Waals surface area contributed by atoms with Gasteiger partial charge < -0.3 is 20.5 Å². The maximum atomic E-state index is 11.1. The van der Waals surface area contributed by atoms with E-state index in [1.165, 1.54) is 101 Å². The Morgan fingerprint density at radius 1 is 0.623 bits per heavy atom. The van der Waals surface area contributed by atoms with E-state index in [0.29, 0.717) is 32.0 Å². The second-order valence-electron chi connectivity index (χ2n) is 15.8. The van der Waals surface area contributed by atoms with Gasteiger partial charge in [-0.1, -0.05) is 172 Å². The van der Waals surface area contributed by atoms with E-state index in [0.717, 1.165) is 72.7 Å². The number of para-hydroxylation sites is 1. The van der Waals surface area contributed by atoms with Gasteiger partial charge in [0.15, 0.2) is 5.82 Å². The van der Waals surface area contributed by atoms with Gasteiger partial charge in [0.05, 0.1) is 23.2 Å². The highest BCUT2D eigenvalue weighted by Gasteiger charge is 2.19. The van der Waals surface area contributed by atoms with Crippen molar-refractivity contribution in [3.05, 3.63) is 65.5 Å². The molecule has 0 saturated heterocycles. The number of pyridine rings is 1. The summed E-state index contributed by atoms with van der Waals surface area (Å²) in [5.74, 6) is 1.54. The first-order valence-electron chi connectivity index (χ1n) is 21.6. The largest absolute Gasteiger partial charge is 0.392 e. The van der Waals surface area contributed by atoms with Crippen molar-refractivity contribution in [3.63, 3.8) is 0 Å². The molecule has 2 atom stereocenters. The molecule has 7 heteroatoms. The van der Waals surface area contributed by atoms with Crippen LogP contribution in [0.15, 0.2) is 48.5 Å². The number of nitrogens with zero attached hydrogens (tertiary/aromatic N) is 4. The topological polar surface area (TPSA) is 100 Å². The molecule has 4 N–H and O–H groups in total. The molecule has 0 saturated carbocycles.